The second-order valence-corrected chi connectivity index (χ2v) is 13.8. The zero-order valence-corrected chi connectivity index (χ0v) is 29.1. The van der Waals surface area contributed by atoms with E-state index in [4.69, 9.17) is 0 Å². The van der Waals surface area contributed by atoms with Crippen molar-refractivity contribution in [3.8, 4) is 0 Å². The Kier molecular flexibility index (Phi) is 16.5. The van der Waals surface area contributed by atoms with Crippen molar-refractivity contribution in [2.75, 3.05) is 73.9 Å². The van der Waals surface area contributed by atoms with E-state index in [1.54, 1.807) is 0 Å². The van der Waals surface area contributed by atoms with Crippen molar-refractivity contribution in [2.24, 2.45) is 0 Å². The normalized spacial score (nSPS) is 11.5. The molecule has 2 heterocycles. The highest BCUT2D eigenvalue weighted by atomic mass is 33.1. The van der Waals surface area contributed by atoms with Gasteiger partial charge in [-0.2, -0.15) is 0 Å². The van der Waals surface area contributed by atoms with Crippen LogP contribution in [0.4, 0.5) is 11.4 Å². The Hall–Kier alpha value is -3.64. The molecule has 0 atom stereocenters. The predicted octanol–water partition coefficient (Wildman–Crippen LogP) is 4.27. The molecule has 4 rings (SSSR count). The van der Waals surface area contributed by atoms with Gasteiger partial charge in [0.05, 0.1) is 37.9 Å². The molecule has 10 heteroatoms. The van der Waals surface area contributed by atoms with Crippen LogP contribution in [0.25, 0.3) is 24.3 Å². The maximum absolute atomic E-state index is 9.26. The van der Waals surface area contributed by atoms with Crippen molar-refractivity contribution in [1.82, 2.24) is 0 Å². The van der Waals surface area contributed by atoms with Gasteiger partial charge in [-0.1, -0.05) is 70.2 Å². The first-order chi connectivity index (χ1) is 23.6. The summed E-state index contributed by atoms with van der Waals surface area (Å²) < 4.78 is 4.43. The first-order valence-electron chi connectivity index (χ1n) is 16.3. The van der Waals surface area contributed by atoms with Crippen LogP contribution in [-0.2, 0) is 13.1 Å². The molecule has 0 unspecified atom stereocenters. The van der Waals surface area contributed by atoms with E-state index in [0.717, 1.165) is 58.2 Å². The Balaban J connectivity index is 1.12. The molecule has 0 bridgehead atoms. The summed E-state index contributed by atoms with van der Waals surface area (Å²) in [5, 5.41) is 37.0. The van der Waals surface area contributed by atoms with Crippen LogP contribution in [0.15, 0.2) is 97.6 Å². The second-order valence-electron chi connectivity index (χ2n) is 11.1. The molecule has 0 aliphatic rings. The van der Waals surface area contributed by atoms with Crippen LogP contribution in [0.1, 0.15) is 22.3 Å². The van der Waals surface area contributed by atoms with Gasteiger partial charge in [-0.3, -0.25) is 0 Å². The summed E-state index contributed by atoms with van der Waals surface area (Å²) in [4.78, 5) is 3.94. The van der Waals surface area contributed by atoms with Gasteiger partial charge in [-0.15, -0.1) is 0 Å². The standard InChI is InChI=1S/C38H48N4O4S2/c43-27-21-41(22-28-44)37-9-5-33(6-10-37)1-3-35-13-17-39(18-14-35)25-31-47-48-32-26-40-19-15-36(16-20-40)4-2-34-7-11-38(12-8-34)42(23-29-45)24-30-46/h1-20,43-46H,21-32H2/q+2. The van der Waals surface area contributed by atoms with E-state index in [-0.39, 0.29) is 26.4 Å². The molecule has 8 nitrogen and oxygen atoms in total. The molecule has 0 fully saturated rings. The molecule has 0 saturated heterocycles. The number of aryl methyl sites for hydroxylation is 2. The Labute approximate surface area is 292 Å². The maximum atomic E-state index is 9.26. The van der Waals surface area contributed by atoms with Gasteiger partial charge in [0.15, 0.2) is 37.9 Å². The summed E-state index contributed by atoms with van der Waals surface area (Å²) in [6.45, 7) is 4.16. The lowest BCUT2D eigenvalue weighted by Gasteiger charge is -2.22. The largest absolute Gasteiger partial charge is 0.395 e. The van der Waals surface area contributed by atoms with Crippen LogP contribution < -0.4 is 18.9 Å². The minimum atomic E-state index is 0.0571. The van der Waals surface area contributed by atoms with Crippen LogP contribution in [0, 0.1) is 0 Å². The van der Waals surface area contributed by atoms with E-state index >= 15 is 0 Å². The minimum absolute atomic E-state index is 0.0571. The lowest BCUT2D eigenvalue weighted by molar-refractivity contribution is -0.692. The quantitative estimate of drug-likeness (QED) is 0.0587. The van der Waals surface area contributed by atoms with Crippen LogP contribution >= 0.6 is 21.6 Å². The first-order valence-corrected chi connectivity index (χ1v) is 18.8. The number of anilines is 2. The second kappa shape index (κ2) is 21.4. The van der Waals surface area contributed by atoms with Crippen LogP contribution in [-0.4, -0.2) is 84.5 Å². The molecule has 0 amide bonds. The van der Waals surface area contributed by atoms with E-state index < -0.39 is 0 Å². The fourth-order valence-corrected chi connectivity index (χ4v) is 7.02. The number of aromatic nitrogens is 2. The fourth-order valence-electron chi connectivity index (χ4n) is 5.06. The van der Waals surface area contributed by atoms with Crippen LogP contribution in [0.5, 0.6) is 0 Å². The van der Waals surface area contributed by atoms with Gasteiger partial charge in [0, 0.05) is 61.8 Å². The third-order valence-electron chi connectivity index (χ3n) is 7.72. The van der Waals surface area contributed by atoms with Crippen LogP contribution in [0.3, 0.4) is 0 Å². The summed E-state index contributed by atoms with van der Waals surface area (Å²) in [6, 6.07) is 24.8. The predicted molar refractivity (Wildman–Crippen MR) is 202 cm³/mol. The van der Waals surface area contributed by atoms with E-state index in [2.05, 4.69) is 107 Å². The highest BCUT2D eigenvalue weighted by Crippen LogP contribution is 2.21. The van der Waals surface area contributed by atoms with Crippen LogP contribution in [0.2, 0.25) is 0 Å². The monoisotopic (exact) mass is 688 g/mol. The zero-order valence-electron chi connectivity index (χ0n) is 27.4. The molecule has 2 aromatic heterocycles. The number of aliphatic hydroxyl groups is 4. The number of pyridine rings is 2. The molecule has 0 saturated carbocycles. The number of hydrogen-bond donors (Lipinski definition) is 4. The third-order valence-corrected chi connectivity index (χ3v) is 10.1. The number of nitrogens with zero attached hydrogens (tertiary/aromatic N) is 4. The minimum Gasteiger partial charge on any atom is -0.395 e. The molecule has 4 N–H and O–H groups in total. The molecule has 254 valence electrons. The lowest BCUT2D eigenvalue weighted by atomic mass is 10.1. The van der Waals surface area contributed by atoms with Gasteiger partial charge in [0.2, 0.25) is 0 Å². The van der Waals surface area contributed by atoms with E-state index in [0.29, 0.717) is 26.2 Å². The summed E-state index contributed by atoms with van der Waals surface area (Å²) >= 11 is 0. The molecule has 0 aliphatic heterocycles. The van der Waals surface area contributed by atoms with Gasteiger partial charge in [-0.25, -0.2) is 9.13 Å². The Morgan fingerprint density at radius 1 is 0.438 bits per heavy atom. The topological polar surface area (TPSA) is 95.2 Å². The SMILES string of the molecule is OCCN(CCO)c1ccc(C=Cc2cc[n+](CCSSCC[n+]3ccc(C=Cc4ccc(N(CCO)CCO)cc4)cc3)cc2)cc1. The number of benzene rings is 2. The number of aliphatic hydroxyl groups excluding tert-OH is 4. The van der Waals surface area contributed by atoms with Gasteiger partial charge >= 0.3 is 0 Å². The third kappa shape index (κ3) is 12.8. The Bertz CT molecular complexity index is 1390. The molecule has 2 aromatic carbocycles. The molecule has 48 heavy (non-hydrogen) atoms. The van der Waals surface area contributed by atoms with Crippen molar-refractivity contribution in [2.45, 2.75) is 13.1 Å². The average Bonchev–Trinajstić information content (AvgIpc) is 3.12. The van der Waals surface area contributed by atoms with Crippen molar-refractivity contribution in [1.29, 1.82) is 0 Å². The smallest absolute Gasteiger partial charge is 0.169 e. The van der Waals surface area contributed by atoms with Gasteiger partial charge < -0.3 is 30.2 Å². The molecule has 0 spiro atoms. The highest BCUT2D eigenvalue weighted by Gasteiger charge is 2.07. The van der Waals surface area contributed by atoms with Gasteiger partial charge in [-0.05, 0) is 46.5 Å². The van der Waals surface area contributed by atoms with Gasteiger partial charge in [0.25, 0.3) is 0 Å². The zero-order chi connectivity index (χ0) is 33.8. The molecule has 0 aliphatic carbocycles. The number of hydrogen-bond acceptors (Lipinski definition) is 8. The van der Waals surface area contributed by atoms with Crippen molar-refractivity contribution < 1.29 is 29.6 Å². The summed E-state index contributed by atoms with van der Waals surface area (Å²) in [7, 11) is 3.81. The Morgan fingerprint density at radius 3 is 1.02 bits per heavy atom. The van der Waals surface area contributed by atoms with E-state index in [1.165, 1.54) is 0 Å². The summed E-state index contributed by atoms with van der Waals surface area (Å²) in [5.74, 6) is 2.08. The molecular weight excluding hydrogens is 641 g/mol. The van der Waals surface area contributed by atoms with E-state index in [1.807, 2.05) is 55.7 Å². The molecular formula is C38H48N4O4S2+2. The summed E-state index contributed by atoms with van der Waals surface area (Å²) in [5.41, 5.74) is 6.48. The highest BCUT2D eigenvalue weighted by molar-refractivity contribution is 8.76. The summed E-state index contributed by atoms with van der Waals surface area (Å²) in [6.07, 6.45) is 16.9. The lowest BCUT2D eigenvalue weighted by Crippen LogP contribution is -2.34. The average molecular weight is 689 g/mol. The fraction of sp³-hybridized carbons (Fsp3) is 0.316. The van der Waals surface area contributed by atoms with E-state index in [9.17, 15) is 20.4 Å². The maximum Gasteiger partial charge on any atom is 0.169 e. The Morgan fingerprint density at radius 2 is 0.729 bits per heavy atom. The van der Waals surface area contributed by atoms with Crippen molar-refractivity contribution >= 4 is 57.3 Å². The van der Waals surface area contributed by atoms with Gasteiger partial charge in [0.1, 0.15) is 0 Å². The molecule has 4 aromatic rings. The van der Waals surface area contributed by atoms with Crippen molar-refractivity contribution in [3.63, 3.8) is 0 Å². The first kappa shape index (κ1) is 37.2. The van der Waals surface area contributed by atoms with Crippen molar-refractivity contribution in [3.05, 3.63) is 120 Å². The number of rotatable bonds is 21. The molecule has 0 radical (unpaired) electrons.